The van der Waals surface area contributed by atoms with Crippen molar-refractivity contribution >= 4 is 17.5 Å². The summed E-state index contributed by atoms with van der Waals surface area (Å²) in [5, 5.41) is 3.18. The van der Waals surface area contributed by atoms with Gasteiger partial charge in [-0.2, -0.15) is 0 Å². The molecule has 1 aromatic heterocycles. The van der Waals surface area contributed by atoms with Crippen molar-refractivity contribution in [2.45, 2.75) is 13.5 Å². The monoisotopic (exact) mass is 321 g/mol. The van der Waals surface area contributed by atoms with Gasteiger partial charge in [0.1, 0.15) is 5.75 Å². The van der Waals surface area contributed by atoms with Crippen LogP contribution in [-0.4, -0.2) is 29.1 Å². The molecule has 0 atom stereocenters. The standard InChI is InChI=1S/C15H16ClN3O3/c1-10-8-17-9-19(15(10)21)6-5-18-14(20)12-7-11(16)3-4-13(12)22-2/h3-4,7-9H,5-6H2,1-2H3,(H,18,20). The maximum atomic E-state index is 12.2. The Kier molecular flexibility index (Phi) is 5.16. The maximum Gasteiger partial charge on any atom is 0.256 e. The first kappa shape index (κ1) is 16.0. The third kappa shape index (κ3) is 3.65. The van der Waals surface area contributed by atoms with E-state index >= 15 is 0 Å². The number of carbonyl (C=O) groups is 1. The fourth-order valence-electron chi connectivity index (χ4n) is 1.96. The molecule has 116 valence electrons. The van der Waals surface area contributed by atoms with Crippen molar-refractivity contribution in [2.24, 2.45) is 0 Å². The van der Waals surface area contributed by atoms with Crippen molar-refractivity contribution in [2.75, 3.05) is 13.7 Å². The second-order valence-corrected chi connectivity index (χ2v) is 5.11. The second-order valence-electron chi connectivity index (χ2n) is 4.68. The van der Waals surface area contributed by atoms with Gasteiger partial charge in [-0.25, -0.2) is 4.98 Å². The summed E-state index contributed by atoms with van der Waals surface area (Å²) in [7, 11) is 1.48. The van der Waals surface area contributed by atoms with Crippen LogP contribution in [0.4, 0.5) is 0 Å². The van der Waals surface area contributed by atoms with Gasteiger partial charge in [-0.15, -0.1) is 0 Å². The molecular formula is C15H16ClN3O3. The zero-order chi connectivity index (χ0) is 16.1. The predicted molar refractivity (Wildman–Crippen MR) is 83.6 cm³/mol. The lowest BCUT2D eigenvalue weighted by atomic mass is 10.2. The number of halogens is 1. The number of aromatic nitrogens is 2. The number of rotatable bonds is 5. The number of hydrogen-bond acceptors (Lipinski definition) is 4. The molecule has 7 heteroatoms. The number of methoxy groups -OCH3 is 1. The van der Waals surface area contributed by atoms with Crippen LogP contribution in [0, 0.1) is 6.92 Å². The van der Waals surface area contributed by atoms with E-state index in [9.17, 15) is 9.59 Å². The fraction of sp³-hybridized carbons (Fsp3) is 0.267. The van der Waals surface area contributed by atoms with Crippen LogP contribution in [0.2, 0.25) is 5.02 Å². The molecule has 0 aliphatic rings. The number of nitrogens with one attached hydrogen (secondary N) is 1. The topological polar surface area (TPSA) is 73.2 Å². The highest BCUT2D eigenvalue weighted by Crippen LogP contribution is 2.22. The third-order valence-corrected chi connectivity index (χ3v) is 3.35. The number of nitrogens with zero attached hydrogens (tertiary/aromatic N) is 2. The highest BCUT2D eigenvalue weighted by atomic mass is 35.5. The molecule has 0 aliphatic heterocycles. The van der Waals surface area contributed by atoms with Crippen LogP contribution in [0.15, 0.2) is 35.5 Å². The van der Waals surface area contributed by atoms with Gasteiger partial charge in [0.05, 0.1) is 19.0 Å². The quantitative estimate of drug-likeness (QED) is 0.908. The Bertz CT molecular complexity index is 743. The van der Waals surface area contributed by atoms with Gasteiger partial charge in [-0.3, -0.25) is 14.2 Å². The van der Waals surface area contributed by atoms with E-state index in [1.807, 2.05) is 0 Å². The minimum atomic E-state index is -0.312. The smallest absolute Gasteiger partial charge is 0.256 e. The summed E-state index contributed by atoms with van der Waals surface area (Å²) < 4.78 is 6.59. The van der Waals surface area contributed by atoms with Crippen molar-refractivity contribution < 1.29 is 9.53 Å². The van der Waals surface area contributed by atoms with E-state index in [1.165, 1.54) is 30.3 Å². The van der Waals surface area contributed by atoms with Crippen molar-refractivity contribution in [1.29, 1.82) is 0 Å². The van der Waals surface area contributed by atoms with Gasteiger partial charge in [0, 0.05) is 29.9 Å². The second kappa shape index (κ2) is 7.09. The van der Waals surface area contributed by atoms with Gasteiger partial charge in [0.2, 0.25) is 0 Å². The summed E-state index contributed by atoms with van der Waals surface area (Å²) >= 11 is 5.90. The van der Waals surface area contributed by atoms with E-state index < -0.39 is 0 Å². The summed E-state index contributed by atoms with van der Waals surface area (Å²) in [5.41, 5.74) is 0.791. The molecular weight excluding hydrogens is 306 g/mol. The number of aryl methyl sites for hydroxylation is 1. The van der Waals surface area contributed by atoms with Crippen LogP contribution in [0.25, 0.3) is 0 Å². The van der Waals surface area contributed by atoms with E-state index in [1.54, 1.807) is 19.1 Å². The lowest BCUT2D eigenvalue weighted by Crippen LogP contribution is -2.31. The molecule has 0 bridgehead atoms. The number of ether oxygens (including phenoxy) is 1. The Balaban J connectivity index is 2.03. The first-order valence-electron chi connectivity index (χ1n) is 6.65. The largest absolute Gasteiger partial charge is 0.496 e. The molecule has 2 rings (SSSR count). The first-order chi connectivity index (χ1) is 10.5. The minimum absolute atomic E-state index is 0.121. The normalized spacial score (nSPS) is 10.3. The molecule has 22 heavy (non-hydrogen) atoms. The zero-order valence-corrected chi connectivity index (χ0v) is 13.1. The van der Waals surface area contributed by atoms with Crippen molar-refractivity contribution in [3.05, 3.63) is 57.2 Å². The summed E-state index contributed by atoms with van der Waals surface area (Å²) in [5.74, 6) is 0.129. The number of hydrogen-bond donors (Lipinski definition) is 1. The van der Waals surface area contributed by atoms with E-state index in [-0.39, 0.29) is 11.5 Å². The van der Waals surface area contributed by atoms with Gasteiger partial charge in [-0.05, 0) is 25.1 Å². The average molecular weight is 322 g/mol. The molecule has 0 fully saturated rings. The summed E-state index contributed by atoms with van der Waals surface area (Å²) in [4.78, 5) is 28.0. The number of benzene rings is 1. The highest BCUT2D eigenvalue weighted by molar-refractivity contribution is 6.31. The van der Waals surface area contributed by atoms with Gasteiger partial charge < -0.3 is 10.1 Å². The molecule has 0 saturated carbocycles. The van der Waals surface area contributed by atoms with Crippen molar-refractivity contribution in [3.63, 3.8) is 0 Å². The van der Waals surface area contributed by atoms with Crippen LogP contribution in [0.5, 0.6) is 5.75 Å². The van der Waals surface area contributed by atoms with Crippen LogP contribution in [-0.2, 0) is 6.54 Å². The van der Waals surface area contributed by atoms with Crippen molar-refractivity contribution in [3.8, 4) is 5.75 Å². The van der Waals surface area contributed by atoms with Gasteiger partial charge >= 0.3 is 0 Å². The molecule has 1 amide bonds. The molecule has 1 N–H and O–H groups in total. The molecule has 0 spiro atoms. The maximum absolute atomic E-state index is 12.2. The Morgan fingerprint density at radius 2 is 2.23 bits per heavy atom. The molecule has 1 heterocycles. The Labute approximate surface area is 132 Å². The van der Waals surface area contributed by atoms with Crippen LogP contribution in [0.1, 0.15) is 15.9 Å². The molecule has 6 nitrogen and oxygen atoms in total. The minimum Gasteiger partial charge on any atom is -0.496 e. The summed E-state index contributed by atoms with van der Waals surface area (Å²) in [6, 6.07) is 4.82. The molecule has 2 aromatic rings. The fourth-order valence-corrected chi connectivity index (χ4v) is 2.13. The third-order valence-electron chi connectivity index (χ3n) is 3.12. The van der Waals surface area contributed by atoms with Crippen molar-refractivity contribution in [1.82, 2.24) is 14.9 Å². The molecule has 0 radical (unpaired) electrons. The Morgan fingerprint density at radius 1 is 1.45 bits per heavy atom. The summed E-state index contributed by atoms with van der Waals surface area (Å²) in [6.07, 6.45) is 2.95. The highest BCUT2D eigenvalue weighted by Gasteiger charge is 2.12. The SMILES string of the molecule is COc1ccc(Cl)cc1C(=O)NCCn1cncc(C)c1=O. The lowest BCUT2D eigenvalue weighted by Gasteiger charge is -2.10. The Hall–Kier alpha value is -2.34. The van der Waals surface area contributed by atoms with Gasteiger partial charge in [0.25, 0.3) is 11.5 Å². The molecule has 0 aliphatic carbocycles. The number of carbonyl (C=O) groups excluding carboxylic acids is 1. The van der Waals surface area contributed by atoms with Gasteiger partial charge in [0.15, 0.2) is 0 Å². The van der Waals surface area contributed by atoms with Crippen LogP contribution in [0.3, 0.4) is 0 Å². The van der Waals surface area contributed by atoms with Gasteiger partial charge in [-0.1, -0.05) is 11.6 Å². The average Bonchev–Trinajstić information content (AvgIpc) is 2.51. The van der Waals surface area contributed by atoms with Crippen LogP contribution < -0.4 is 15.6 Å². The first-order valence-corrected chi connectivity index (χ1v) is 7.03. The van der Waals surface area contributed by atoms with E-state index in [4.69, 9.17) is 16.3 Å². The van der Waals surface area contributed by atoms with E-state index in [0.717, 1.165) is 0 Å². The molecule has 0 unspecified atom stereocenters. The lowest BCUT2D eigenvalue weighted by molar-refractivity contribution is 0.0949. The van der Waals surface area contributed by atoms with E-state index in [0.29, 0.717) is 35.0 Å². The predicted octanol–water partition coefficient (Wildman–Crippen LogP) is 1.64. The van der Waals surface area contributed by atoms with Crippen LogP contribution >= 0.6 is 11.6 Å². The molecule has 1 aromatic carbocycles. The zero-order valence-electron chi connectivity index (χ0n) is 12.3. The summed E-state index contributed by atoms with van der Waals surface area (Å²) in [6.45, 7) is 2.32. The number of amides is 1. The molecule has 0 saturated heterocycles. The Morgan fingerprint density at radius 3 is 2.95 bits per heavy atom. The van der Waals surface area contributed by atoms with E-state index in [2.05, 4.69) is 10.3 Å².